The fraction of sp³-hybridized carbons (Fsp3) is 0.0152. The molecular weight excluding hydrogens is 807 g/mol. The highest BCUT2D eigenvalue weighted by Gasteiger charge is 2.51. The van der Waals surface area contributed by atoms with Gasteiger partial charge in [0.25, 0.3) is 0 Å². The van der Waals surface area contributed by atoms with Crippen LogP contribution in [-0.4, -0.2) is 4.98 Å². The van der Waals surface area contributed by atoms with Gasteiger partial charge in [-0.15, -0.1) is 0 Å². The number of nitrogens with zero attached hydrogens (tertiary/aromatic N) is 1. The molecule has 0 radical (unpaired) electrons. The van der Waals surface area contributed by atoms with Crippen molar-refractivity contribution in [3.05, 3.63) is 271 Å². The highest BCUT2D eigenvalue weighted by atomic mass is 14.6. The van der Waals surface area contributed by atoms with Crippen LogP contribution in [0.5, 0.6) is 0 Å². The minimum atomic E-state index is -0.332. The van der Waals surface area contributed by atoms with Gasteiger partial charge in [-0.25, -0.2) is 0 Å². The first-order chi connectivity index (χ1) is 33.2. The van der Waals surface area contributed by atoms with Gasteiger partial charge in [0.15, 0.2) is 0 Å². The highest BCUT2D eigenvalue weighted by Crippen LogP contribution is 2.63. The maximum atomic E-state index is 4.83. The quantitative estimate of drug-likeness (QED) is 0.157. The van der Waals surface area contributed by atoms with Crippen LogP contribution in [0.1, 0.15) is 22.3 Å². The maximum absolute atomic E-state index is 4.83. The second-order valence-electron chi connectivity index (χ2n) is 18.2. The first-order valence-electron chi connectivity index (χ1n) is 23.3. The zero-order chi connectivity index (χ0) is 44.1. The molecule has 14 rings (SSSR count). The van der Waals surface area contributed by atoms with Gasteiger partial charge in [0.1, 0.15) is 0 Å². The van der Waals surface area contributed by atoms with Crippen molar-refractivity contribution in [3.63, 3.8) is 0 Å². The topological polar surface area (TPSA) is 12.9 Å². The standard InChI is InChI=1S/C66H41N/c1-2-26-57-52(22-1)53-33-31-50(40-59(53)58-27-13-35-67-65(57)58)48-20-11-18-46(38-48)44-16-9-14-42(36-44)43-15-10-17-45(37-43)47-19-12-21-49(39-47)51-32-34-64-60(41-51)56-25-5-8-30-63(56)66(64)61-28-6-3-23-54(61)55-24-4-7-29-62(55)66/h1-41H. The lowest BCUT2D eigenvalue weighted by Crippen LogP contribution is -2.25. The van der Waals surface area contributed by atoms with Crippen LogP contribution in [0.4, 0.5) is 0 Å². The third-order valence-electron chi connectivity index (χ3n) is 14.7. The number of rotatable bonds is 5. The normalized spacial score (nSPS) is 12.9. The molecule has 1 spiro atoms. The summed E-state index contributed by atoms with van der Waals surface area (Å²) < 4.78 is 0. The van der Waals surface area contributed by atoms with Crippen LogP contribution in [0.25, 0.3) is 110 Å². The number of fused-ring (bicyclic) bond motifs is 16. The Hall–Kier alpha value is -8.65. The van der Waals surface area contributed by atoms with Gasteiger partial charge >= 0.3 is 0 Å². The molecule has 1 nitrogen and oxygen atoms in total. The summed E-state index contributed by atoms with van der Waals surface area (Å²) in [5.41, 5.74) is 23.5. The summed E-state index contributed by atoms with van der Waals surface area (Å²) in [6.45, 7) is 0. The van der Waals surface area contributed by atoms with Crippen LogP contribution in [0.15, 0.2) is 249 Å². The molecule has 0 fully saturated rings. The van der Waals surface area contributed by atoms with E-state index in [2.05, 4.69) is 237 Å². The van der Waals surface area contributed by atoms with Gasteiger partial charge in [-0.1, -0.05) is 200 Å². The van der Waals surface area contributed by atoms with E-state index in [-0.39, 0.29) is 5.41 Å². The van der Waals surface area contributed by atoms with Gasteiger partial charge in [0.05, 0.1) is 10.9 Å². The molecule has 67 heavy (non-hydrogen) atoms. The fourth-order valence-corrected chi connectivity index (χ4v) is 11.7. The van der Waals surface area contributed by atoms with E-state index in [1.54, 1.807) is 0 Å². The molecule has 0 saturated carbocycles. The van der Waals surface area contributed by atoms with E-state index < -0.39 is 0 Å². The van der Waals surface area contributed by atoms with Crippen molar-refractivity contribution in [1.29, 1.82) is 0 Å². The number of hydrogen-bond acceptors (Lipinski definition) is 1. The molecule has 0 aliphatic heterocycles. The van der Waals surface area contributed by atoms with Crippen LogP contribution in [-0.2, 0) is 5.41 Å². The molecule has 310 valence electrons. The monoisotopic (exact) mass is 847 g/mol. The van der Waals surface area contributed by atoms with Crippen molar-refractivity contribution in [1.82, 2.24) is 4.98 Å². The van der Waals surface area contributed by atoms with Gasteiger partial charge in [-0.3, -0.25) is 4.98 Å². The lowest BCUT2D eigenvalue weighted by atomic mass is 9.70. The molecular formula is C66H41N. The molecule has 0 saturated heterocycles. The lowest BCUT2D eigenvalue weighted by molar-refractivity contribution is 0.794. The highest BCUT2D eigenvalue weighted by molar-refractivity contribution is 6.24. The van der Waals surface area contributed by atoms with E-state index in [0.29, 0.717) is 0 Å². The summed E-state index contributed by atoms with van der Waals surface area (Å²) in [6, 6.07) is 90.0. The average molecular weight is 848 g/mol. The molecule has 2 aliphatic carbocycles. The van der Waals surface area contributed by atoms with Crippen LogP contribution in [0.2, 0.25) is 0 Å². The summed E-state index contributed by atoms with van der Waals surface area (Å²) in [4.78, 5) is 4.83. The molecule has 0 amide bonds. The van der Waals surface area contributed by atoms with Crippen molar-refractivity contribution in [2.75, 3.05) is 0 Å². The Morgan fingerprint density at radius 2 is 0.582 bits per heavy atom. The Balaban J connectivity index is 0.796. The number of aromatic nitrogens is 1. The molecule has 12 aromatic rings. The SMILES string of the molecule is c1cc(-c2cccc(-c3cccc(-c4ccc5c6ccccc6c6ncccc6c5c4)c3)c2)cc(-c2cccc(-c3ccc4c(c3)-c3ccccc3C43c4ccccc4-c4ccccc43)c2)c1. The summed E-state index contributed by atoms with van der Waals surface area (Å²) in [7, 11) is 0. The number of pyridine rings is 1. The Labute approximate surface area is 390 Å². The minimum Gasteiger partial charge on any atom is -0.256 e. The molecule has 0 unspecified atom stereocenters. The summed E-state index contributed by atoms with van der Waals surface area (Å²) >= 11 is 0. The van der Waals surface area contributed by atoms with E-state index in [1.807, 2.05) is 12.3 Å². The molecule has 0 bridgehead atoms. The van der Waals surface area contributed by atoms with Crippen molar-refractivity contribution >= 4 is 32.4 Å². The molecule has 1 heterocycles. The fourth-order valence-electron chi connectivity index (χ4n) is 11.7. The molecule has 11 aromatic carbocycles. The largest absolute Gasteiger partial charge is 0.256 e. The van der Waals surface area contributed by atoms with E-state index in [1.165, 1.54) is 127 Å². The predicted octanol–water partition coefficient (Wildman–Crippen LogP) is 17.2. The first-order valence-corrected chi connectivity index (χ1v) is 23.3. The molecule has 0 N–H and O–H groups in total. The lowest BCUT2D eigenvalue weighted by Gasteiger charge is -2.30. The van der Waals surface area contributed by atoms with Crippen LogP contribution < -0.4 is 0 Å². The zero-order valence-electron chi connectivity index (χ0n) is 36.6. The van der Waals surface area contributed by atoms with Gasteiger partial charge < -0.3 is 0 Å². The van der Waals surface area contributed by atoms with Gasteiger partial charge in [-0.2, -0.15) is 0 Å². The zero-order valence-corrected chi connectivity index (χ0v) is 36.6. The van der Waals surface area contributed by atoms with Crippen molar-refractivity contribution in [2.24, 2.45) is 0 Å². The number of benzene rings is 11. The summed E-state index contributed by atoms with van der Waals surface area (Å²) in [5, 5.41) is 6.09. The maximum Gasteiger partial charge on any atom is 0.0786 e. The Morgan fingerprint density at radius 1 is 0.224 bits per heavy atom. The third-order valence-corrected chi connectivity index (χ3v) is 14.7. The Kier molecular flexibility index (Phi) is 8.26. The van der Waals surface area contributed by atoms with E-state index in [9.17, 15) is 0 Å². The van der Waals surface area contributed by atoms with Gasteiger partial charge in [0.2, 0.25) is 0 Å². The van der Waals surface area contributed by atoms with Crippen molar-refractivity contribution < 1.29 is 0 Å². The molecule has 0 atom stereocenters. The summed E-state index contributed by atoms with van der Waals surface area (Å²) in [6.07, 6.45) is 1.90. The summed E-state index contributed by atoms with van der Waals surface area (Å²) in [5.74, 6) is 0. The predicted molar refractivity (Wildman–Crippen MR) is 280 cm³/mol. The van der Waals surface area contributed by atoms with Crippen molar-refractivity contribution in [2.45, 2.75) is 5.41 Å². The Bertz CT molecular complexity index is 3920. The first kappa shape index (κ1) is 37.7. The van der Waals surface area contributed by atoms with Gasteiger partial charge in [0, 0.05) is 17.0 Å². The smallest absolute Gasteiger partial charge is 0.0786 e. The molecule has 2 aliphatic rings. The number of hydrogen-bond donors (Lipinski definition) is 0. The van der Waals surface area contributed by atoms with E-state index in [0.717, 1.165) is 5.52 Å². The van der Waals surface area contributed by atoms with Crippen LogP contribution >= 0.6 is 0 Å². The van der Waals surface area contributed by atoms with Gasteiger partial charge in [-0.05, 0) is 159 Å². The Morgan fingerprint density at radius 3 is 1.10 bits per heavy atom. The second-order valence-corrected chi connectivity index (χ2v) is 18.2. The average Bonchev–Trinajstić information content (AvgIpc) is 3.88. The van der Waals surface area contributed by atoms with Crippen LogP contribution in [0, 0.1) is 0 Å². The van der Waals surface area contributed by atoms with E-state index >= 15 is 0 Å². The second kappa shape index (κ2) is 14.7. The third kappa shape index (κ3) is 5.65. The molecule has 1 heteroatoms. The van der Waals surface area contributed by atoms with Crippen LogP contribution in [0.3, 0.4) is 0 Å². The van der Waals surface area contributed by atoms with E-state index in [4.69, 9.17) is 4.98 Å². The van der Waals surface area contributed by atoms with Crippen molar-refractivity contribution in [3.8, 4) is 77.9 Å². The minimum absolute atomic E-state index is 0.332. The molecule has 1 aromatic heterocycles.